The summed E-state index contributed by atoms with van der Waals surface area (Å²) in [6, 6.07) is 7.75. The van der Waals surface area contributed by atoms with Crippen LogP contribution in [0.5, 0.6) is 0 Å². The van der Waals surface area contributed by atoms with E-state index in [1.54, 1.807) is 16.7 Å². The molecule has 0 aromatic heterocycles. The number of ether oxygens (including phenoxy) is 1. The lowest BCUT2D eigenvalue weighted by Gasteiger charge is -2.27. The minimum atomic E-state index is -0.387. The summed E-state index contributed by atoms with van der Waals surface area (Å²) in [5, 5.41) is 8.61. The summed E-state index contributed by atoms with van der Waals surface area (Å²) in [5.74, 6) is 0.866. The second kappa shape index (κ2) is 5.23. The van der Waals surface area contributed by atoms with Crippen LogP contribution >= 0.6 is 11.8 Å². The van der Waals surface area contributed by atoms with E-state index in [2.05, 4.69) is 0 Å². The Kier molecular flexibility index (Phi) is 3.69. The minimum absolute atomic E-state index is 0.0463. The Morgan fingerprint density at radius 2 is 2.31 bits per heavy atom. The van der Waals surface area contributed by atoms with E-state index >= 15 is 0 Å². The first-order chi connectivity index (χ1) is 7.83. The number of anilines is 1. The van der Waals surface area contributed by atoms with E-state index in [0.717, 1.165) is 16.3 Å². The number of carbonyl (C=O) groups excluding carboxylic acids is 1. The van der Waals surface area contributed by atoms with E-state index in [9.17, 15) is 4.79 Å². The van der Waals surface area contributed by atoms with Gasteiger partial charge in [-0.05, 0) is 12.1 Å². The van der Waals surface area contributed by atoms with Gasteiger partial charge in [-0.25, -0.2) is 4.79 Å². The average Bonchev–Trinajstić information content (AvgIpc) is 2.35. The second-order valence-electron chi connectivity index (χ2n) is 3.31. The van der Waals surface area contributed by atoms with Gasteiger partial charge in [-0.15, -0.1) is 11.8 Å². The van der Waals surface area contributed by atoms with Crippen LogP contribution in [0.1, 0.15) is 0 Å². The predicted molar refractivity (Wildman–Crippen MR) is 62.9 cm³/mol. The number of para-hydroxylation sites is 1. The monoisotopic (exact) mass is 239 g/mol. The molecule has 0 saturated carbocycles. The number of thioether (sulfide) groups is 1. The van der Waals surface area contributed by atoms with Crippen LogP contribution in [0.4, 0.5) is 10.5 Å². The van der Waals surface area contributed by atoms with Crippen LogP contribution in [0.2, 0.25) is 0 Å². The molecule has 2 rings (SSSR count). The van der Waals surface area contributed by atoms with Gasteiger partial charge in [0.15, 0.2) is 0 Å². The number of rotatable bonds is 2. The molecule has 86 valence electrons. The van der Waals surface area contributed by atoms with E-state index in [4.69, 9.17) is 9.84 Å². The molecule has 0 saturated heterocycles. The summed E-state index contributed by atoms with van der Waals surface area (Å²) < 4.78 is 4.92. The first-order valence-electron chi connectivity index (χ1n) is 5.10. The smallest absolute Gasteiger partial charge is 0.414 e. The number of aliphatic hydroxyl groups excluding tert-OH is 1. The third kappa shape index (κ3) is 2.31. The molecule has 0 fully saturated rings. The summed E-state index contributed by atoms with van der Waals surface area (Å²) in [6.07, 6.45) is -0.387. The highest BCUT2D eigenvalue weighted by atomic mass is 32.2. The molecule has 1 N–H and O–H groups in total. The maximum Gasteiger partial charge on any atom is 0.414 e. The zero-order valence-corrected chi connectivity index (χ0v) is 9.57. The Morgan fingerprint density at radius 1 is 1.50 bits per heavy atom. The lowest BCUT2D eigenvalue weighted by molar-refractivity contribution is 0.125. The van der Waals surface area contributed by atoms with Gasteiger partial charge in [0.1, 0.15) is 6.61 Å². The van der Waals surface area contributed by atoms with Gasteiger partial charge in [0.05, 0.1) is 12.3 Å². The van der Waals surface area contributed by atoms with Crippen LogP contribution in [0.15, 0.2) is 29.2 Å². The number of hydrogen-bond acceptors (Lipinski definition) is 4. The van der Waals surface area contributed by atoms with E-state index in [-0.39, 0.29) is 19.3 Å². The van der Waals surface area contributed by atoms with E-state index in [0.29, 0.717) is 6.54 Å². The molecule has 1 aromatic carbocycles. The number of nitrogens with zero attached hydrogens (tertiary/aromatic N) is 1. The van der Waals surface area contributed by atoms with Crippen LogP contribution in [-0.2, 0) is 4.74 Å². The minimum Gasteiger partial charge on any atom is -0.447 e. The summed E-state index contributed by atoms with van der Waals surface area (Å²) in [5.41, 5.74) is 0.890. The Bertz CT molecular complexity index is 383. The first-order valence-corrected chi connectivity index (χ1v) is 6.08. The molecule has 5 heteroatoms. The number of aliphatic hydroxyl groups is 1. The van der Waals surface area contributed by atoms with Gasteiger partial charge in [-0.1, -0.05) is 12.1 Å². The van der Waals surface area contributed by atoms with Crippen molar-refractivity contribution < 1.29 is 14.6 Å². The van der Waals surface area contributed by atoms with Gasteiger partial charge in [-0.2, -0.15) is 0 Å². The normalized spacial score (nSPS) is 14.4. The van der Waals surface area contributed by atoms with Crippen molar-refractivity contribution >= 4 is 23.5 Å². The van der Waals surface area contributed by atoms with E-state index in [1.165, 1.54) is 0 Å². The topological polar surface area (TPSA) is 49.8 Å². The van der Waals surface area contributed by atoms with Gasteiger partial charge in [0, 0.05) is 17.2 Å². The Balaban J connectivity index is 2.15. The van der Waals surface area contributed by atoms with E-state index in [1.807, 2.05) is 24.3 Å². The average molecular weight is 239 g/mol. The van der Waals surface area contributed by atoms with Crippen molar-refractivity contribution in [1.82, 2.24) is 0 Å². The number of amides is 1. The van der Waals surface area contributed by atoms with Crippen molar-refractivity contribution in [3.63, 3.8) is 0 Å². The molecule has 0 unspecified atom stereocenters. The standard InChI is InChI=1S/C11H13NO3S/c13-6-7-15-11(14)12-5-8-16-10-4-2-1-3-9(10)12/h1-4,13H,5-8H2. The SMILES string of the molecule is O=C(OCCO)N1CCSc2ccccc21. The number of benzene rings is 1. The quantitative estimate of drug-likeness (QED) is 0.854. The zero-order chi connectivity index (χ0) is 11.4. The second-order valence-corrected chi connectivity index (χ2v) is 4.44. The van der Waals surface area contributed by atoms with E-state index < -0.39 is 0 Å². The first kappa shape index (κ1) is 11.3. The maximum atomic E-state index is 11.7. The molecule has 1 aromatic rings. The highest BCUT2D eigenvalue weighted by Gasteiger charge is 2.23. The van der Waals surface area contributed by atoms with Crippen molar-refractivity contribution in [3.8, 4) is 0 Å². The fraction of sp³-hybridized carbons (Fsp3) is 0.364. The molecule has 0 radical (unpaired) electrons. The number of fused-ring (bicyclic) bond motifs is 1. The molecule has 0 spiro atoms. The predicted octanol–water partition coefficient (Wildman–Crippen LogP) is 1.73. The van der Waals surface area contributed by atoms with Gasteiger partial charge >= 0.3 is 6.09 Å². The molecule has 1 aliphatic heterocycles. The number of hydrogen-bond donors (Lipinski definition) is 1. The third-order valence-corrected chi connectivity index (χ3v) is 3.31. The van der Waals surface area contributed by atoms with Gasteiger partial charge in [0.25, 0.3) is 0 Å². The molecule has 1 aliphatic rings. The summed E-state index contributed by atoms with van der Waals surface area (Å²) in [7, 11) is 0. The molecule has 1 amide bonds. The van der Waals surface area contributed by atoms with Crippen LogP contribution in [-0.4, -0.2) is 36.7 Å². The maximum absolute atomic E-state index is 11.7. The van der Waals surface area contributed by atoms with Crippen molar-refractivity contribution in [2.75, 3.05) is 30.4 Å². The zero-order valence-electron chi connectivity index (χ0n) is 8.76. The summed E-state index contributed by atoms with van der Waals surface area (Å²) in [4.78, 5) is 14.4. The molecular formula is C11H13NO3S. The number of carbonyl (C=O) groups is 1. The lowest BCUT2D eigenvalue weighted by atomic mass is 10.3. The van der Waals surface area contributed by atoms with Crippen LogP contribution in [0.3, 0.4) is 0 Å². The van der Waals surface area contributed by atoms with Gasteiger partial charge in [0.2, 0.25) is 0 Å². The van der Waals surface area contributed by atoms with Crippen molar-refractivity contribution in [2.24, 2.45) is 0 Å². The largest absolute Gasteiger partial charge is 0.447 e. The van der Waals surface area contributed by atoms with Crippen molar-refractivity contribution in [2.45, 2.75) is 4.90 Å². The van der Waals surface area contributed by atoms with Crippen LogP contribution in [0.25, 0.3) is 0 Å². The fourth-order valence-corrected chi connectivity index (χ4v) is 2.56. The Morgan fingerprint density at radius 3 is 3.12 bits per heavy atom. The Hall–Kier alpha value is -1.20. The highest BCUT2D eigenvalue weighted by Crippen LogP contribution is 2.34. The molecule has 0 bridgehead atoms. The van der Waals surface area contributed by atoms with Crippen molar-refractivity contribution in [1.29, 1.82) is 0 Å². The summed E-state index contributed by atoms with van der Waals surface area (Å²) in [6.45, 7) is 0.548. The highest BCUT2D eigenvalue weighted by molar-refractivity contribution is 7.99. The third-order valence-electron chi connectivity index (χ3n) is 2.27. The molecule has 1 heterocycles. The lowest BCUT2D eigenvalue weighted by Crippen LogP contribution is -2.36. The van der Waals surface area contributed by atoms with Gasteiger partial charge in [-0.3, -0.25) is 4.90 Å². The van der Waals surface area contributed by atoms with Crippen LogP contribution < -0.4 is 4.90 Å². The van der Waals surface area contributed by atoms with Crippen LogP contribution in [0, 0.1) is 0 Å². The molecule has 0 aliphatic carbocycles. The molecule has 0 atom stereocenters. The summed E-state index contributed by atoms with van der Waals surface area (Å²) >= 11 is 1.73. The molecule has 4 nitrogen and oxygen atoms in total. The Labute approximate surface area is 98.2 Å². The fourth-order valence-electron chi connectivity index (χ4n) is 1.57. The van der Waals surface area contributed by atoms with Crippen molar-refractivity contribution in [3.05, 3.63) is 24.3 Å². The molecule has 16 heavy (non-hydrogen) atoms. The molecular weight excluding hydrogens is 226 g/mol. The van der Waals surface area contributed by atoms with Gasteiger partial charge < -0.3 is 9.84 Å².